The summed E-state index contributed by atoms with van der Waals surface area (Å²) in [5.41, 5.74) is 0. The van der Waals surface area contributed by atoms with E-state index in [2.05, 4.69) is 16.9 Å². The van der Waals surface area contributed by atoms with Crippen molar-refractivity contribution >= 4 is 29.4 Å². The zero-order chi connectivity index (χ0) is 10.7. The molecular weight excluding hydrogens is 228 g/mol. The van der Waals surface area contributed by atoms with Crippen LogP contribution in [0.5, 0.6) is 0 Å². The highest BCUT2D eigenvalue weighted by Crippen LogP contribution is 2.28. The van der Waals surface area contributed by atoms with Crippen molar-refractivity contribution in [1.82, 2.24) is 10.6 Å². The van der Waals surface area contributed by atoms with Crippen LogP contribution in [0.15, 0.2) is 0 Å². The van der Waals surface area contributed by atoms with Crippen molar-refractivity contribution in [3.63, 3.8) is 0 Å². The lowest BCUT2D eigenvalue weighted by Crippen LogP contribution is -2.45. The number of carbonyl (C=O) groups excluding carboxylic acids is 1. The molecule has 0 radical (unpaired) electrons. The normalized spacial score (nSPS) is 35.7. The average molecular weight is 246 g/mol. The van der Waals surface area contributed by atoms with Crippen LogP contribution in [0.4, 0.5) is 0 Å². The van der Waals surface area contributed by atoms with Gasteiger partial charge in [0.25, 0.3) is 0 Å². The monoisotopic (exact) mass is 246 g/mol. The first kappa shape index (κ1) is 11.6. The predicted octanol–water partition coefficient (Wildman–Crippen LogP) is 1.05. The zero-order valence-corrected chi connectivity index (χ0v) is 10.6. The maximum atomic E-state index is 11.8. The summed E-state index contributed by atoms with van der Waals surface area (Å²) < 4.78 is 0. The topological polar surface area (TPSA) is 41.1 Å². The van der Waals surface area contributed by atoms with Crippen LogP contribution >= 0.6 is 23.5 Å². The van der Waals surface area contributed by atoms with Crippen LogP contribution < -0.4 is 10.6 Å². The summed E-state index contributed by atoms with van der Waals surface area (Å²) in [6.07, 6.45) is 5.70. The molecule has 15 heavy (non-hydrogen) atoms. The maximum Gasteiger partial charge on any atom is 0.238 e. The van der Waals surface area contributed by atoms with E-state index in [4.69, 9.17) is 0 Å². The molecule has 3 nitrogen and oxygen atoms in total. The lowest BCUT2D eigenvalue weighted by Gasteiger charge is -2.16. The van der Waals surface area contributed by atoms with E-state index >= 15 is 0 Å². The quantitative estimate of drug-likeness (QED) is 0.781. The van der Waals surface area contributed by atoms with Gasteiger partial charge in [-0.3, -0.25) is 10.1 Å². The van der Waals surface area contributed by atoms with E-state index in [1.54, 1.807) is 11.8 Å². The Morgan fingerprint density at radius 3 is 3.00 bits per heavy atom. The van der Waals surface area contributed by atoms with Gasteiger partial charge in [0.15, 0.2) is 0 Å². The molecule has 5 heteroatoms. The van der Waals surface area contributed by atoms with E-state index in [-0.39, 0.29) is 11.9 Å². The van der Waals surface area contributed by atoms with Gasteiger partial charge in [-0.1, -0.05) is 0 Å². The van der Waals surface area contributed by atoms with Crippen LogP contribution in [0.3, 0.4) is 0 Å². The Kier molecular flexibility index (Phi) is 4.22. The van der Waals surface area contributed by atoms with E-state index in [9.17, 15) is 4.79 Å². The molecule has 0 aromatic heterocycles. The Balaban J connectivity index is 1.74. The summed E-state index contributed by atoms with van der Waals surface area (Å²) in [6.45, 7) is 0. The molecule has 0 aromatic carbocycles. The predicted molar refractivity (Wildman–Crippen MR) is 67.3 cm³/mol. The van der Waals surface area contributed by atoms with Crippen LogP contribution in [-0.4, -0.2) is 41.1 Å². The Bertz CT molecular complexity index is 231. The fourth-order valence-electron chi connectivity index (χ4n) is 2.15. The third-order valence-corrected chi connectivity index (χ3v) is 5.13. The summed E-state index contributed by atoms with van der Waals surface area (Å²) in [5, 5.41) is 7.11. The maximum absolute atomic E-state index is 11.8. The minimum Gasteiger partial charge on any atom is -0.352 e. The fourth-order valence-corrected chi connectivity index (χ4v) is 3.89. The Labute approximate surface area is 99.5 Å². The minimum absolute atomic E-state index is 0.0447. The lowest BCUT2D eigenvalue weighted by molar-refractivity contribution is -0.123. The van der Waals surface area contributed by atoms with Gasteiger partial charge in [-0.2, -0.15) is 11.8 Å². The number of thioether (sulfide) groups is 2. The van der Waals surface area contributed by atoms with Gasteiger partial charge in [0, 0.05) is 22.9 Å². The van der Waals surface area contributed by atoms with Gasteiger partial charge >= 0.3 is 0 Å². The molecule has 1 aliphatic carbocycles. The van der Waals surface area contributed by atoms with E-state index in [1.165, 1.54) is 6.42 Å². The molecule has 1 heterocycles. The molecule has 1 aliphatic heterocycles. The molecule has 2 rings (SSSR count). The van der Waals surface area contributed by atoms with E-state index in [0.717, 1.165) is 29.7 Å². The second-order valence-electron chi connectivity index (χ2n) is 4.15. The number of nitrogens with one attached hydrogen (secondary N) is 2. The van der Waals surface area contributed by atoms with E-state index < -0.39 is 0 Å². The molecule has 3 unspecified atom stereocenters. The number of hydrogen-bond donors (Lipinski definition) is 2. The Hall–Kier alpha value is 0.130. The highest BCUT2D eigenvalue weighted by Gasteiger charge is 2.28. The van der Waals surface area contributed by atoms with Crippen LogP contribution in [0.1, 0.15) is 19.3 Å². The molecule has 1 saturated carbocycles. The number of carbonyl (C=O) groups is 1. The summed E-state index contributed by atoms with van der Waals surface area (Å²) in [6, 6.07) is 0.464. The van der Waals surface area contributed by atoms with Gasteiger partial charge < -0.3 is 5.32 Å². The van der Waals surface area contributed by atoms with Crippen molar-refractivity contribution in [3.8, 4) is 0 Å². The highest BCUT2D eigenvalue weighted by molar-refractivity contribution is 7.99. The molecule has 2 fully saturated rings. The van der Waals surface area contributed by atoms with Crippen LogP contribution in [-0.2, 0) is 4.79 Å². The molecule has 0 spiro atoms. The third kappa shape index (κ3) is 3.04. The summed E-state index contributed by atoms with van der Waals surface area (Å²) in [7, 11) is 0. The van der Waals surface area contributed by atoms with E-state index in [1.807, 2.05) is 11.8 Å². The van der Waals surface area contributed by atoms with Gasteiger partial charge in [-0.25, -0.2) is 0 Å². The second kappa shape index (κ2) is 5.46. The number of rotatable bonds is 3. The minimum atomic E-state index is 0.0447. The molecule has 0 bridgehead atoms. The Morgan fingerprint density at radius 2 is 2.40 bits per heavy atom. The molecular formula is C10H18N2OS2. The Morgan fingerprint density at radius 1 is 1.53 bits per heavy atom. The van der Waals surface area contributed by atoms with Gasteiger partial charge in [0.05, 0.1) is 6.04 Å². The molecule has 2 N–H and O–H groups in total. The van der Waals surface area contributed by atoms with Crippen molar-refractivity contribution < 1.29 is 4.79 Å². The van der Waals surface area contributed by atoms with Crippen LogP contribution in [0, 0.1) is 0 Å². The summed E-state index contributed by atoms with van der Waals surface area (Å²) in [5.74, 6) is 2.03. The summed E-state index contributed by atoms with van der Waals surface area (Å²) in [4.78, 5) is 11.8. The van der Waals surface area contributed by atoms with E-state index in [0.29, 0.717) is 6.04 Å². The smallest absolute Gasteiger partial charge is 0.238 e. The van der Waals surface area contributed by atoms with Crippen molar-refractivity contribution in [2.45, 2.75) is 36.6 Å². The molecule has 86 valence electrons. The van der Waals surface area contributed by atoms with Crippen molar-refractivity contribution in [1.29, 1.82) is 0 Å². The standard InChI is InChI=1S/C10H18N2OS2/c1-14-8-3-2-7(4-8)12-10(13)9-5-15-6-11-9/h7-9,11H,2-6H2,1H3,(H,12,13). The molecule has 3 atom stereocenters. The first-order valence-electron chi connectivity index (χ1n) is 5.44. The van der Waals surface area contributed by atoms with Gasteiger partial charge in [0.1, 0.15) is 0 Å². The summed E-state index contributed by atoms with van der Waals surface area (Å²) >= 11 is 3.72. The molecule has 1 amide bonds. The van der Waals surface area contributed by atoms with Gasteiger partial charge in [-0.05, 0) is 25.5 Å². The lowest BCUT2D eigenvalue weighted by atomic mass is 10.2. The van der Waals surface area contributed by atoms with Crippen molar-refractivity contribution in [2.75, 3.05) is 17.9 Å². The average Bonchev–Trinajstić information content (AvgIpc) is 2.87. The van der Waals surface area contributed by atoms with Crippen molar-refractivity contribution in [3.05, 3.63) is 0 Å². The van der Waals surface area contributed by atoms with Gasteiger partial charge in [0.2, 0.25) is 5.91 Å². The first-order chi connectivity index (χ1) is 7.29. The number of hydrogen-bond acceptors (Lipinski definition) is 4. The number of amides is 1. The van der Waals surface area contributed by atoms with Crippen LogP contribution in [0.2, 0.25) is 0 Å². The zero-order valence-electron chi connectivity index (χ0n) is 8.99. The molecule has 2 aliphatic rings. The second-order valence-corrected chi connectivity index (χ2v) is 6.32. The van der Waals surface area contributed by atoms with Crippen LogP contribution in [0.25, 0.3) is 0 Å². The molecule has 1 saturated heterocycles. The highest BCUT2D eigenvalue weighted by atomic mass is 32.2. The largest absolute Gasteiger partial charge is 0.352 e. The first-order valence-corrected chi connectivity index (χ1v) is 7.88. The third-order valence-electron chi connectivity index (χ3n) is 3.10. The van der Waals surface area contributed by atoms with Crippen molar-refractivity contribution in [2.24, 2.45) is 0 Å². The SMILES string of the molecule is CSC1CCC(NC(=O)C2CSCN2)C1. The molecule has 0 aromatic rings. The fraction of sp³-hybridized carbons (Fsp3) is 0.900. The van der Waals surface area contributed by atoms with Gasteiger partial charge in [-0.15, -0.1) is 11.8 Å².